The lowest BCUT2D eigenvalue weighted by molar-refractivity contribution is 0.164. The van der Waals surface area contributed by atoms with Gasteiger partial charge in [0.25, 0.3) is 0 Å². The van der Waals surface area contributed by atoms with Gasteiger partial charge in [0.2, 0.25) is 5.95 Å². The van der Waals surface area contributed by atoms with Crippen LogP contribution in [0.5, 0.6) is 5.75 Å². The number of nitrogens with zero attached hydrogens (tertiary/aromatic N) is 5. The van der Waals surface area contributed by atoms with Gasteiger partial charge >= 0.3 is 0 Å². The topological polar surface area (TPSA) is 87.8 Å². The molecule has 1 saturated heterocycles. The molecule has 3 aromatic rings. The summed E-state index contributed by atoms with van der Waals surface area (Å²) in [5, 5.41) is 20.8. The van der Waals surface area contributed by atoms with Crippen molar-refractivity contribution in [3.63, 3.8) is 0 Å². The molecule has 1 fully saturated rings. The normalized spacial score (nSPS) is 17.3. The summed E-state index contributed by atoms with van der Waals surface area (Å²) in [4.78, 5) is 6.89. The molecule has 30 heavy (non-hydrogen) atoms. The van der Waals surface area contributed by atoms with Gasteiger partial charge in [-0.3, -0.25) is 4.40 Å². The average Bonchev–Trinajstić information content (AvgIpc) is 3.44. The van der Waals surface area contributed by atoms with Crippen LogP contribution in [0.3, 0.4) is 0 Å². The maximum atomic E-state index is 14.4. The van der Waals surface area contributed by atoms with Crippen LogP contribution in [0.15, 0.2) is 24.7 Å². The molecule has 2 aliphatic heterocycles. The second kappa shape index (κ2) is 8.16. The van der Waals surface area contributed by atoms with Crippen LogP contribution in [0.4, 0.5) is 10.3 Å². The molecule has 0 saturated carbocycles. The summed E-state index contributed by atoms with van der Waals surface area (Å²) in [6.07, 6.45) is 6.22. The van der Waals surface area contributed by atoms with Crippen LogP contribution in [0, 0.1) is 5.82 Å². The molecular formula is C21H25FN6O2. The highest BCUT2D eigenvalue weighted by molar-refractivity contribution is 5.53. The first-order chi connectivity index (χ1) is 14.7. The van der Waals surface area contributed by atoms with Crippen molar-refractivity contribution in [3.8, 4) is 5.75 Å². The highest BCUT2D eigenvalue weighted by Gasteiger charge is 2.24. The molecule has 4 heterocycles. The summed E-state index contributed by atoms with van der Waals surface area (Å²) >= 11 is 0. The zero-order chi connectivity index (χ0) is 20.5. The van der Waals surface area contributed by atoms with Crippen molar-refractivity contribution in [2.75, 3.05) is 38.2 Å². The fourth-order valence-corrected chi connectivity index (χ4v) is 4.54. The number of nitrogens with one attached hydrogen (secondary N) is 1. The Kier molecular flexibility index (Phi) is 5.22. The molecule has 0 spiro atoms. The molecule has 0 atom stereocenters. The second-order valence-electron chi connectivity index (χ2n) is 7.86. The van der Waals surface area contributed by atoms with Gasteiger partial charge in [-0.15, -0.1) is 10.2 Å². The third-order valence-electron chi connectivity index (χ3n) is 6.17. The minimum Gasteiger partial charge on any atom is -0.493 e. The van der Waals surface area contributed by atoms with Gasteiger partial charge in [-0.1, -0.05) is 0 Å². The first kappa shape index (κ1) is 19.2. The number of halogens is 1. The van der Waals surface area contributed by atoms with Gasteiger partial charge in [0.1, 0.15) is 17.9 Å². The first-order valence-electron chi connectivity index (χ1n) is 10.4. The van der Waals surface area contributed by atoms with E-state index in [0.717, 1.165) is 55.0 Å². The summed E-state index contributed by atoms with van der Waals surface area (Å²) in [7, 11) is 0. The van der Waals surface area contributed by atoms with E-state index >= 15 is 0 Å². The number of anilines is 1. The van der Waals surface area contributed by atoms with Gasteiger partial charge in [-0.05, 0) is 44.0 Å². The third-order valence-corrected chi connectivity index (χ3v) is 6.17. The van der Waals surface area contributed by atoms with Crippen LogP contribution >= 0.6 is 0 Å². The highest BCUT2D eigenvalue weighted by Crippen LogP contribution is 2.32. The predicted octanol–water partition coefficient (Wildman–Crippen LogP) is 1.98. The lowest BCUT2D eigenvalue weighted by atomic mass is 9.91. The van der Waals surface area contributed by atoms with E-state index in [9.17, 15) is 4.39 Å². The fraction of sp³-hybridized carbons (Fsp3) is 0.476. The van der Waals surface area contributed by atoms with Crippen molar-refractivity contribution < 1.29 is 14.2 Å². The molecule has 5 rings (SSSR count). The molecule has 8 nitrogen and oxygen atoms in total. The number of aliphatic hydroxyl groups is 1. The quantitative estimate of drug-likeness (QED) is 0.640. The van der Waals surface area contributed by atoms with Gasteiger partial charge in [0.15, 0.2) is 5.65 Å². The predicted molar refractivity (Wildman–Crippen MR) is 109 cm³/mol. The van der Waals surface area contributed by atoms with E-state index < -0.39 is 0 Å². The minimum atomic E-state index is -0.238. The molecule has 0 aliphatic carbocycles. The Morgan fingerprint density at radius 2 is 2.13 bits per heavy atom. The Hall–Kier alpha value is -2.78. The van der Waals surface area contributed by atoms with Crippen molar-refractivity contribution >= 4 is 11.6 Å². The van der Waals surface area contributed by atoms with Crippen molar-refractivity contribution in [1.82, 2.24) is 24.5 Å². The number of benzene rings is 1. The number of β-amino-alcohol motifs (C(OH)–C–C–N with tert-alkyl or cyclic N) is 1. The summed E-state index contributed by atoms with van der Waals surface area (Å²) in [6, 6.07) is 3.15. The van der Waals surface area contributed by atoms with Crippen LogP contribution < -0.4 is 10.1 Å². The Balaban J connectivity index is 1.36. The molecule has 2 aromatic heterocycles. The number of aromatic nitrogens is 4. The van der Waals surface area contributed by atoms with Gasteiger partial charge < -0.3 is 20.1 Å². The molecular weight excluding hydrogens is 387 g/mol. The number of piperidine rings is 1. The lowest BCUT2D eigenvalue weighted by Gasteiger charge is -2.31. The van der Waals surface area contributed by atoms with Crippen LogP contribution in [-0.2, 0) is 13.0 Å². The Morgan fingerprint density at radius 3 is 2.97 bits per heavy atom. The largest absolute Gasteiger partial charge is 0.493 e. The lowest BCUT2D eigenvalue weighted by Crippen LogP contribution is -2.35. The van der Waals surface area contributed by atoms with E-state index in [0.29, 0.717) is 37.0 Å². The monoisotopic (exact) mass is 412 g/mol. The second-order valence-corrected chi connectivity index (χ2v) is 7.86. The van der Waals surface area contributed by atoms with Gasteiger partial charge in [0, 0.05) is 42.4 Å². The molecule has 1 aromatic carbocycles. The van der Waals surface area contributed by atoms with Gasteiger partial charge in [-0.25, -0.2) is 9.37 Å². The van der Waals surface area contributed by atoms with Crippen LogP contribution in [0.2, 0.25) is 0 Å². The van der Waals surface area contributed by atoms with Crippen molar-refractivity contribution in [2.45, 2.75) is 31.7 Å². The van der Waals surface area contributed by atoms with E-state index in [2.05, 4.69) is 25.4 Å². The summed E-state index contributed by atoms with van der Waals surface area (Å²) in [6.45, 7) is 3.72. The number of hydrogen-bond donors (Lipinski definition) is 2. The number of fused-ring (bicyclic) bond motifs is 2. The molecule has 2 N–H and O–H groups in total. The van der Waals surface area contributed by atoms with Crippen molar-refractivity contribution in [3.05, 3.63) is 47.2 Å². The van der Waals surface area contributed by atoms with E-state index in [1.165, 1.54) is 6.07 Å². The maximum Gasteiger partial charge on any atom is 0.210 e. The molecule has 0 unspecified atom stereocenters. The Labute approximate surface area is 173 Å². The number of ether oxygens (including phenoxy) is 1. The molecule has 158 valence electrons. The highest BCUT2D eigenvalue weighted by atomic mass is 19.1. The summed E-state index contributed by atoms with van der Waals surface area (Å²) in [5.74, 6) is 1.48. The number of rotatable bonds is 6. The van der Waals surface area contributed by atoms with Crippen molar-refractivity contribution in [2.24, 2.45) is 0 Å². The van der Waals surface area contributed by atoms with E-state index in [-0.39, 0.29) is 12.4 Å². The number of likely N-dealkylation sites (tertiary alicyclic amines) is 1. The van der Waals surface area contributed by atoms with E-state index in [1.807, 2.05) is 10.6 Å². The minimum absolute atomic E-state index is 0.193. The zero-order valence-electron chi connectivity index (χ0n) is 16.7. The van der Waals surface area contributed by atoms with Crippen molar-refractivity contribution in [1.29, 1.82) is 0 Å². The zero-order valence-corrected chi connectivity index (χ0v) is 16.7. The van der Waals surface area contributed by atoms with Crippen LogP contribution in [-0.4, -0.2) is 62.4 Å². The number of aliphatic hydroxyl groups excluding tert-OH is 1. The van der Waals surface area contributed by atoms with Crippen LogP contribution in [0.25, 0.3) is 5.65 Å². The number of hydrogen-bond acceptors (Lipinski definition) is 7. The van der Waals surface area contributed by atoms with Gasteiger partial charge in [0.05, 0.1) is 13.2 Å². The average molecular weight is 412 g/mol. The fourth-order valence-electron chi connectivity index (χ4n) is 4.54. The van der Waals surface area contributed by atoms with Crippen LogP contribution in [0.1, 0.15) is 35.4 Å². The molecule has 2 aliphatic rings. The summed E-state index contributed by atoms with van der Waals surface area (Å²) in [5.41, 5.74) is 3.42. The first-order valence-corrected chi connectivity index (χ1v) is 10.4. The molecule has 0 radical (unpaired) electrons. The third kappa shape index (κ3) is 3.48. The smallest absolute Gasteiger partial charge is 0.210 e. The summed E-state index contributed by atoms with van der Waals surface area (Å²) < 4.78 is 21.8. The molecule has 0 bridgehead atoms. The Bertz CT molecular complexity index is 1050. The Morgan fingerprint density at radius 1 is 1.27 bits per heavy atom. The SMILES string of the molecule is OCCN1CCC(c2cnc(NCc3c(F)ccc4c3CCO4)n3cnnc23)CC1. The molecule has 9 heteroatoms. The van der Waals surface area contributed by atoms with Gasteiger partial charge in [-0.2, -0.15) is 0 Å². The van der Waals surface area contributed by atoms with E-state index in [1.54, 1.807) is 12.4 Å². The standard InChI is InChI=1S/C21H25FN6O2/c22-18-1-2-19-15(5-10-30-19)17(18)12-24-21-23-11-16(20-26-25-13-28(20)21)14-3-6-27(7-4-14)8-9-29/h1-2,11,13-14,29H,3-10,12H2,(H,23,24). The maximum absolute atomic E-state index is 14.4. The molecule has 0 amide bonds. The van der Waals surface area contributed by atoms with E-state index in [4.69, 9.17) is 9.84 Å².